The zero-order valence-electron chi connectivity index (χ0n) is 9.97. The van der Waals surface area contributed by atoms with E-state index in [4.69, 9.17) is 0 Å². The van der Waals surface area contributed by atoms with Gasteiger partial charge in [-0.15, -0.1) is 0 Å². The average Bonchev–Trinajstić information content (AvgIpc) is 2.38. The van der Waals surface area contributed by atoms with Gasteiger partial charge in [0.15, 0.2) is 0 Å². The van der Waals surface area contributed by atoms with Crippen molar-refractivity contribution in [2.45, 2.75) is 19.4 Å². The van der Waals surface area contributed by atoms with E-state index in [1.54, 1.807) is 12.1 Å². The number of rotatable bonds is 1. The second-order valence-corrected chi connectivity index (χ2v) is 5.23. The van der Waals surface area contributed by atoms with E-state index >= 15 is 0 Å². The third kappa shape index (κ3) is 1.68. The summed E-state index contributed by atoms with van der Waals surface area (Å²) in [5.41, 5.74) is 3.60. The van der Waals surface area contributed by atoms with Gasteiger partial charge < -0.3 is 4.72 Å². The van der Waals surface area contributed by atoms with Crippen molar-refractivity contribution in [1.82, 2.24) is 9.29 Å². The topological polar surface area (TPSA) is 28.2 Å². The number of nitrogens with one attached hydrogen (secondary N) is 1. The number of aromatic nitrogens is 1. The predicted octanol–water partition coefficient (Wildman–Crippen LogP) is 3.61. The molecule has 1 atom stereocenters. The molecule has 1 aliphatic rings. The minimum atomic E-state index is 0.461. The Kier molecular flexibility index (Phi) is 2.68. The highest BCUT2D eigenvalue weighted by atomic mass is 32.2. The molecule has 1 aromatic carbocycles. The lowest BCUT2D eigenvalue weighted by Crippen LogP contribution is -2.24. The van der Waals surface area contributed by atoms with Crippen LogP contribution in [0, 0.1) is 0 Å². The molecular weight excluding hydrogens is 230 g/mol. The predicted molar refractivity (Wildman–Crippen MR) is 73.8 cm³/mol. The van der Waals surface area contributed by atoms with Crippen LogP contribution in [0.25, 0.3) is 10.9 Å². The lowest BCUT2D eigenvalue weighted by atomic mass is 10.00. The molecule has 0 saturated carbocycles. The highest BCUT2D eigenvalue weighted by Gasteiger charge is 2.25. The normalized spacial score (nSPS) is 20.0. The van der Waals surface area contributed by atoms with Gasteiger partial charge in [-0.3, -0.25) is 4.98 Å². The Labute approximate surface area is 105 Å². The molecule has 0 amide bonds. The van der Waals surface area contributed by atoms with Crippen molar-refractivity contribution in [3.05, 3.63) is 36.0 Å². The molecule has 2 aromatic rings. The van der Waals surface area contributed by atoms with Crippen molar-refractivity contribution in [3.8, 4) is 0 Å². The molecule has 3 nitrogen and oxygen atoms in total. The van der Waals surface area contributed by atoms with Crippen molar-refractivity contribution in [2.24, 2.45) is 0 Å². The van der Waals surface area contributed by atoms with Crippen LogP contribution in [0.3, 0.4) is 0 Å². The summed E-state index contributed by atoms with van der Waals surface area (Å²) in [5.74, 6) is 0. The fraction of sp³-hybridized carbons (Fsp3) is 0.308. The van der Waals surface area contributed by atoms with Crippen molar-refractivity contribution in [3.63, 3.8) is 0 Å². The molecule has 0 saturated heterocycles. The molecule has 1 N–H and O–H groups in total. The van der Waals surface area contributed by atoms with E-state index < -0.39 is 0 Å². The van der Waals surface area contributed by atoms with Crippen LogP contribution in [0.4, 0.5) is 5.69 Å². The van der Waals surface area contributed by atoms with Crippen LogP contribution in [0.1, 0.15) is 24.9 Å². The summed E-state index contributed by atoms with van der Waals surface area (Å²) in [4.78, 5) is 4.49. The first-order valence-electron chi connectivity index (χ1n) is 5.84. The molecule has 0 bridgehead atoms. The van der Waals surface area contributed by atoms with Gasteiger partial charge in [0.1, 0.15) is 0 Å². The number of nitrogens with zero attached hydrogens (tertiary/aromatic N) is 2. The van der Waals surface area contributed by atoms with Gasteiger partial charge in [-0.25, -0.2) is 4.31 Å². The molecule has 17 heavy (non-hydrogen) atoms. The molecular formula is C13H15N3S. The minimum Gasteiger partial charge on any atom is -0.314 e. The number of hydrogen-bond donors (Lipinski definition) is 1. The van der Waals surface area contributed by atoms with Gasteiger partial charge in [0.25, 0.3) is 0 Å². The Morgan fingerprint density at radius 1 is 1.41 bits per heavy atom. The van der Waals surface area contributed by atoms with Crippen molar-refractivity contribution < 1.29 is 0 Å². The number of benzene rings is 1. The van der Waals surface area contributed by atoms with Gasteiger partial charge in [0.05, 0.1) is 11.2 Å². The smallest absolute Gasteiger partial charge is 0.0945 e. The number of anilines is 1. The molecule has 0 aliphatic carbocycles. The van der Waals surface area contributed by atoms with E-state index in [1.807, 2.05) is 12.3 Å². The summed E-state index contributed by atoms with van der Waals surface area (Å²) < 4.78 is 5.66. The summed E-state index contributed by atoms with van der Waals surface area (Å²) >= 11 is 1.65. The number of fused-ring (bicyclic) bond motifs is 3. The van der Waals surface area contributed by atoms with Crippen molar-refractivity contribution in [1.29, 1.82) is 0 Å². The van der Waals surface area contributed by atoms with Crippen LogP contribution in [0.5, 0.6) is 0 Å². The number of pyridine rings is 1. The van der Waals surface area contributed by atoms with Gasteiger partial charge in [-0.05, 0) is 25.1 Å². The highest BCUT2D eigenvalue weighted by molar-refractivity contribution is 7.98. The lowest BCUT2D eigenvalue weighted by molar-refractivity contribution is 0.407. The third-order valence-electron chi connectivity index (χ3n) is 3.28. The van der Waals surface area contributed by atoms with Crippen LogP contribution in [0.15, 0.2) is 30.5 Å². The second kappa shape index (κ2) is 4.20. The Balaban J connectivity index is 2.24. The van der Waals surface area contributed by atoms with E-state index in [0.29, 0.717) is 6.04 Å². The van der Waals surface area contributed by atoms with Gasteiger partial charge in [0.2, 0.25) is 0 Å². The lowest BCUT2D eigenvalue weighted by Gasteiger charge is -2.33. The second-order valence-electron chi connectivity index (χ2n) is 4.27. The molecule has 1 aromatic heterocycles. The van der Waals surface area contributed by atoms with E-state index in [2.05, 4.69) is 46.2 Å². The molecule has 4 heteroatoms. The monoisotopic (exact) mass is 245 g/mol. The summed E-state index contributed by atoms with van der Waals surface area (Å²) in [6.45, 7) is 2.22. The SMILES string of the molecule is CCC1c2ccc3cccnc3c2NSN1C. The average molecular weight is 245 g/mol. The first-order valence-corrected chi connectivity index (χ1v) is 6.62. The van der Waals surface area contributed by atoms with E-state index in [0.717, 1.165) is 11.9 Å². The van der Waals surface area contributed by atoms with E-state index in [-0.39, 0.29) is 0 Å². The van der Waals surface area contributed by atoms with Crippen LogP contribution < -0.4 is 4.72 Å². The van der Waals surface area contributed by atoms with Gasteiger partial charge in [-0.1, -0.05) is 25.1 Å². The van der Waals surface area contributed by atoms with Gasteiger partial charge in [0, 0.05) is 29.8 Å². The standard InChI is InChI=1S/C13H15N3S/c1-3-11-10-7-6-9-5-4-8-14-12(9)13(10)15-17-16(11)2/h4-8,11,15H,3H2,1-2H3. The maximum absolute atomic E-state index is 4.49. The van der Waals surface area contributed by atoms with Crippen LogP contribution >= 0.6 is 12.1 Å². The highest BCUT2D eigenvalue weighted by Crippen LogP contribution is 2.41. The van der Waals surface area contributed by atoms with Gasteiger partial charge in [-0.2, -0.15) is 0 Å². The molecule has 1 aliphatic heterocycles. The maximum atomic E-state index is 4.49. The van der Waals surface area contributed by atoms with Crippen molar-refractivity contribution >= 4 is 28.7 Å². The summed E-state index contributed by atoms with van der Waals surface area (Å²) in [6, 6.07) is 8.93. The van der Waals surface area contributed by atoms with E-state index in [1.165, 1.54) is 16.6 Å². The van der Waals surface area contributed by atoms with Crippen LogP contribution in [0.2, 0.25) is 0 Å². The summed E-state index contributed by atoms with van der Waals surface area (Å²) in [7, 11) is 2.12. The fourth-order valence-electron chi connectivity index (χ4n) is 2.40. The Morgan fingerprint density at radius 3 is 3.12 bits per heavy atom. The Bertz CT molecular complexity index is 555. The van der Waals surface area contributed by atoms with Crippen LogP contribution in [-0.2, 0) is 0 Å². The molecule has 0 spiro atoms. The first-order chi connectivity index (χ1) is 8.31. The van der Waals surface area contributed by atoms with Crippen molar-refractivity contribution in [2.75, 3.05) is 11.8 Å². The molecule has 2 heterocycles. The summed E-state index contributed by atoms with van der Waals surface area (Å²) in [5, 5.41) is 1.19. The molecule has 0 fully saturated rings. The first kappa shape index (κ1) is 10.9. The molecule has 0 radical (unpaired) electrons. The largest absolute Gasteiger partial charge is 0.314 e. The minimum absolute atomic E-state index is 0.461. The quantitative estimate of drug-likeness (QED) is 0.777. The Hall–Kier alpha value is -1.26. The van der Waals surface area contributed by atoms with Crippen LogP contribution in [-0.4, -0.2) is 16.3 Å². The Morgan fingerprint density at radius 2 is 2.29 bits per heavy atom. The number of hydrogen-bond acceptors (Lipinski definition) is 4. The summed E-state index contributed by atoms with van der Waals surface area (Å²) in [6.07, 6.45) is 2.96. The van der Waals surface area contributed by atoms with E-state index in [9.17, 15) is 0 Å². The zero-order chi connectivity index (χ0) is 11.8. The van der Waals surface area contributed by atoms with Gasteiger partial charge >= 0.3 is 0 Å². The molecule has 1 unspecified atom stereocenters. The third-order valence-corrected chi connectivity index (χ3v) is 4.12. The molecule has 88 valence electrons. The maximum Gasteiger partial charge on any atom is 0.0945 e. The molecule has 3 rings (SSSR count). The fourth-order valence-corrected chi connectivity index (χ4v) is 3.24. The zero-order valence-corrected chi connectivity index (χ0v) is 10.8.